The van der Waals surface area contributed by atoms with E-state index in [2.05, 4.69) is 26.7 Å². The highest BCUT2D eigenvalue weighted by Crippen LogP contribution is 2.15. The van der Waals surface area contributed by atoms with Gasteiger partial charge in [-0.3, -0.25) is 9.98 Å². The van der Waals surface area contributed by atoms with Crippen molar-refractivity contribution in [2.24, 2.45) is 4.99 Å². The third kappa shape index (κ3) is 7.54. The Kier molecular flexibility index (Phi) is 11.1. The average Bonchev–Trinajstić information content (AvgIpc) is 2.63. The number of guanidine groups is 1. The van der Waals surface area contributed by atoms with Gasteiger partial charge < -0.3 is 20.1 Å². The van der Waals surface area contributed by atoms with E-state index >= 15 is 0 Å². The molecule has 0 saturated heterocycles. The molecule has 6 nitrogen and oxygen atoms in total. The third-order valence-electron chi connectivity index (χ3n) is 3.60. The van der Waals surface area contributed by atoms with Crippen molar-refractivity contribution in [3.05, 3.63) is 42.1 Å². The number of aromatic nitrogens is 1. The first kappa shape index (κ1) is 21.6. The van der Waals surface area contributed by atoms with E-state index in [1.54, 1.807) is 14.2 Å². The molecule has 138 valence electrons. The van der Waals surface area contributed by atoms with Crippen LogP contribution in [-0.4, -0.2) is 51.5 Å². The first-order valence-electron chi connectivity index (χ1n) is 8.19. The first-order valence-corrected chi connectivity index (χ1v) is 8.19. The molecule has 7 heteroatoms. The summed E-state index contributed by atoms with van der Waals surface area (Å²) in [6.45, 7) is 3.49. The maximum atomic E-state index is 5.43. The number of benzene rings is 1. The van der Waals surface area contributed by atoms with E-state index in [0.717, 1.165) is 29.8 Å². The van der Waals surface area contributed by atoms with Crippen molar-refractivity contribution in [3.63, 3.8) is 0 Å². The third-order valence-corrected chi connectivity index (χ3v) is 3.60. The fourth-order valence-electron chi connectivity index (χ4n) is 2.33. The van der Waals surface area contributed by atoms with Crippen molar-refractivity contribution >= 4 is 40.8 Å². The molecule has 1 aromatic carbocycles. The topological polar surface area (TPSA) is 67.8 Å². The van der Waals surface area contributed by atoms with Gasteiger partial charge in [-0.05, 0) is 24.1 Å². The van der Waals surface area contributed by atoms with Crippen LogP contribution in [0.4, 0.5) is 0 Å². The molecule has 0 amide bonds. The highest BCUT2D eigenvalue weighted by atomic mass is 127. The van der Waals surface area contributed by atoms with E-state index < -0.39 is 0 Å². The number of hydrogen-bond donors (Lipinski definition) is 2. The Morgan fingerprint density at radius 1 is 1.12 bits per heavy atom. The molecule has 0 aliphatic rings. The lowest BCUT2D eigenvalue weighted by Crippen LogP contribution is -2.37. The number of halogens is 1. The number of nitrogens with one attached hydrogen (secondary N) is 2. The van der Waals surface area contributed by atoms with Crippen molar-refractivity contribution in [1.29, 1.82) is 0 Å². The number of aliphatic imine (C=N–C) groups is 1. The lowest BCUT2D eigenvalue weighted by molar-refractivity contribution is 0.0698. The van der Waals surface area contributed by atoms with Gasteiger partial charge in [0.05, 0.1) is 18.7 Å². The van der Waals surface area contributed by atoms with E-state index in [4.69, 9.17) is 9.47 Å². The summed E-state index contributed by atoms with van der Waals surface area (Å²) >= 11 is 0. The largest absolute Gasteiger partial charge is 0.382 e. The lowest BCUT2D eigenvalue weighted by Gasteiger charge is -2.13. The van der Waals surface area contributed by atoms with Crippen molar-refractivity contribution in [2.45, 2.75) is 13.0 Å². The van der Waals surface area contributed by atoms with E-state index in [0.29, 0.717) is 26.4 Å². The number of pyridine rings is 1. The van der Waals surface area contributed by atoms with Crippen molar-refractivity contribution in [1.82, 2.24) is 15.6 Å². The maximum absolute atomic E-state index is 5.43. The van der Waals surface area contributed by atoms with Gasteiger partial charge in [0.25, 0.3) is 0 Å². The lowest BCUT2D eigenvalue weighted by atomic mass is 10.1. The predicted molar refractivity (Wildman–Crippen MR) is 113 cm³/mol. The maximum Gasteiger partial charge on any atom is 0.191 e. The van der Waals surface area contributed by atoms with Crippen LogP contribution in [0.3, 0.4) is 0 Å². The number of methoxy groups -OCH3 is 1. The van der Waals surface area contributed by atoms with Crippen LogP contribution in [0.15, 0.2) is 41.5 Å². The van der Waals surface area contributed by atoms with Gasteiger partial charge in [-0.2, -0.15) is 0 Å². The number of fused-ring (bicyclic) bond motifs is 1. The summed E-state index contributed by atoms with van der Waals surface area (Å²) in [6, 6.07) is 10.2. The van der Waals surface area contributed by atoms with Crippen LogP contribution in [0.5, 0.6) is 0 Å². The van der Waals surface area contributed by atoms with Gasteiger partial charge >= 0.3 is 0 Å². The van der Waals surface area contributed by atoms with Crippen LogP contribution in [0.1, 0.15) is 12.0 Å². The molecule has 2 rings (SSSR count). The minimum atomic E-state index is 0. The summed E-state index contributed by atoms with van der Waals surface area (Å²) < 4.78 is 10.4. The molecule has 0 fully saturated rings. The zero-order valence-electron chi connectivity index (χ0n) is 14.8. The normalized spacial score (nSPS) is 11.2. The highest BCUT2D eigenvalue weighted by Gasteiger charge is 2.03. The second-order valence-electron chi connectivity index (χ2n) is 5.30. The summed E-state index contributed by atoms with van der Waals surface area (Å²) in [4.78, 5) is 8.63. The summed E-state index contributed by atoms with van der Waals surface area (Å²) in [5.41, 5.74) is 2.21. The molecule has 0 aliphatic heterocycles. The van der Waals surface area contributed by atoms with Gasteiger partial charge in [0, 0.05) is 45.4 Å². The van der Waals surface area contributed by atoms with Crippen LogP contribution < -0.4 is 10.6 Å². The number of nitrogens with zero attached hydrogens (tertiary/aromatic N) is 2. The molecule has 25 heavy (non-hydrogen) atoms. The van der Waals surface area contributed by atoms with E-state index in [1.165, 1.54) is 5.56 Å². The standard InChI is InChI=1S/C18H26N4O2.HI/c1-19-18(21-9-5-11-24-13-12-23-2)22-14-15-8-10-20-17-7-4-3-6-16(15)17;/h3-4,6-8,10H,5,9,11-14H2,1-2H3,(H2,19,21,22);1H. The molecular formula is C18H27IN4O2. The van der Waals surface area contributed by atoms with Gasteiger partial charge in [0.2, 0.25) is 0 Å². The molecule has 1 aromatic heterocycles. The zero-order valence-corrected chi connectivity index (χ0v) is 17.2. The van der Waals surface area contributed by atoms with Gasteiger partial charge in [0.1, 0.15) is 0 Å². The molecular weight excluding hydrogens is 431 g/mol. The molecule has 0 spiro atoms. The predicted octanol–water partition coefficient (Wildman–Crippen LogP) is 2.57. The first-order chi connectivity index (χ1) is 11.8. The number of ether oxygens (including phenoxy) is 2. The smallest absolute Gasteiger partial charge is 0.191 e. The molecule has 0 bridgehead atoms. The fraction of sp³-hybridized carbons (Fsp3) is 0.444. The fourth-order valence-corrected chi connectivity index (χ4v) is 2.33. The Balaban J connectivity index is 0.00000312. The van der Waals surface area contributed by atoms with Gasteiger partial charge in [0.15, 0.2) is 5.96 Å². The van der Waals surface area contributed by atoms with Crippen LogP contribution in [0.25, 0.3) is 10.9 Å². The quantitative estimate of drug-likeness (QED) is 0.262. The Morgan fingerprint density at radius 3 is 2.76 bits per heavy atom. The number of para-hydroxylation sites is 1. The molecule has 0 saturated carbocycles. The van der Waals surface area contributed by atoms with Crippen LogP contribution in [0, 0.1) is 0 Å². The summed E-state index contributed by atoms with van der Waals surface area (Å²) in [7, 11) is 3.45. The monoisotopic (exact) mass is 458 g/mol. The number of hydrogen-bond acceptors (Lipinski definition) is 4. The molecule has 0 radical (unpaired) electrons. The molecule has 0 aliphatic carbocycles. The van der Waals surface area contributed by atoms with Crippen LogP contribution in [0.2, 0.25) is 0 Å². The minimum Gasteiger partial charge on any atom is -0.382 e. The Morgan fingerprint density at radius 2 is 1.96 bits per heavy atom. The van der Waals surface area contributed by atoms with E-state index in [-0.39, 0.29) is 24.0 Å². The van der Waals surface area contributed by atoms with Crippen LogP contribution in [-0.2, 0) is 16.0 Å². The van der Waals surface area contributed by atoms with Gasteiger partial charge in [-0.25, -0.2) is 0 Å². The van der Waals surface area contributed by atoms with E-state index in [9.17, 15) is 0 Å². The minimum absolute atomic E-state index is 0. The summed E-state index contributed by atoms with van der Waals surface area (Å²) in [5, 5.41) is 7.79. The highest BCUT2D eigenvalue weighted by molar-refractivity contribution is 14.0. The summed E-state index contributed by atoms with van der Waals surface area (Å²) in [6.07, 6.45) is 2.76. The van der Waals surface area contributed by atoms with Gasteiger partial charge in [-0.15, -0.1) is 24.0 Å². The average molecular weight is 458 g/mol. The van der Waals surface area contributed by atoms with Crippen molar-refractivity contribution in [3.8, 4) is 0 Å². The molecule has 2 N–H and O–H groups in total. The zero-order chi connectivity index (χ0) is 17.0. The second-order valence-corrected chi connectivity index (χ2v) is 5.30. The second kappa shape index (κ2) is 12.8. The Hall–Kier alpha value is -1.45. The van der Waals surface area contributed by atoms with Crippen molar-refractivity contribution in [2.75, 3.05) is 40.5 Å². The molecule has 2 aromatic rings. The van der Waals surface area contributed by atoms with E-state index in [1.807, 2.05) is 30.5 Å². The molecule has 1 heterocycles. The van der Waals surface area contributed by atoms with Gasteiger partial charge in [-0.1, -0.05) is 18.2 Å². The molecule has 0 atom stereocenters. The SMILES string of the molecule is CN=C(NCCCOCCOC)NCc1ccnc2ccccc12.I. The number of rotatable bonds is 9. The molecule has 0 unspecified atom stereocenters. The Labute approximate surface area is 166 Å². The summed E-state index contributed by atoms with van der Waals surface area (Å²) in [5.74, 6) is 0.785. The van der Waals surface area contributed by atoms with Crippen LogP contribution >= 0.6 is 24.0 Å². The van der Waals surface area contributed by atoms with Crippen molar-refractivity contribution < 1.29 is 9.47 Å². The Bertz CT molecular complexity index is 647.